The zero-order valence-electron chi connectivity index (χ0n) is 12.5. The summed E-state index contributed by atoms with van der Waals surface area (Å²) in [6.07, 6.45) is 0. The zero-order chi connectivity index (χ0) is 17.8. The van der Waals surface area contributed by atoms with E-state index in [0.29, 0.717) is 20.8 Å². The lowest BCUT2D eigenvalue weighted by molar-refractivity contribution is 0.382. The number of nitrogens with one attached hydrogen (secondary N) is 3. The molecule has 10 heteroatoms. The van der Waals surface area contributed by atoms with Crippen molar-refractivity contribution in [2.45, 2.75) is 0 Å². The van der Waals surface area contributed by atoms with Crippen LogP contribution in [0.15, 0.2) is 42.5 Å². The second-order valence-corrected chi connectivity index (χ2v) is 6.03. The molecule has 0 radical (unpaired) electrons. The van der Waals surface area contributed by atoms with Gasteiger partial charge in [-0.15, -0.1) is 0 Å². The van der Waals surface area contributed by atoms with E-state index in [1.165, 1.54) is 12.1 Å². The predicted molar refractivity (Wildman–Crippen MR) is 99.7 cm³/mol. The number of benzene rings is 2. The van der Waals surface area contributed by atoms with Crippen molar-refractivity contribution in [2.24, 2.45) is 0 Å². The fraction of sp³-hybridized carbons (Fsp3) is 0. The minimum Gasteiger partial charge on any atom is -0.324 e. The summed E-state index contributed by atoms with van der Waals surface area (Å²) in [5.74, 6) is 0.273. The largest absolute Gasteiger partial charge is 0.324 e. The highest BCUT2D eigenvalue weighted by molar-refractivity contribution is 6.41. The van der Waals surface area contributed by atoms with Gasteiger partial charge in [0.1, 0.15) is 0 Å². The number of nitrogens with zero attached hydrogens (tertiary/aromatic N) is 3. The van der Waals surface area contributed by atoms with Crippen LogP contribution in [0.4, 0.5) is 29.2 Å². The minimum atomic E-state index is -0.0582. The van der Waals surface area contributed by atoms with Gasteiger partial charge in [0.15, 0.2) is 0 Å². The fourth-order valence-corrected chi connectivity index (χ4v) is 2.87. The van der Waals surface area contributed by atoms with Gasteiger partial charge in [-0.1, -0.05) is 53.0 Å². The van der Waals surface area contributed by atoms with E-state index in [4.69, 9.17) is 40.0 Å². The number of para-hydroxylation sites is 1. The highest BCUT2D eigenvalue weighted by Crippen LogP contribution is 2.35. The molecule has 0 amide bonds. The summed E-state index contributed by atoms with van der Waals surface area (Å²) >= 11 is 18.2. The number of halogens is 3. The molecule has 0 fully saturated rings. The molecule has 0 saturated heterocycles. The van der Waals surface area contributed by atoms with Crippen molar-refractivity contribution in [3.8, 4) is 0 Å². The molecule has 1 heterocycles. The average molecular weight is 398 g/mol. The highest BCUT2D eigenvalue weighted by atomic mass is 35.5. The third kappa shape index (κ3) is 4.40. The van der Waals surface area contributed by atoms with E-state index < -0.39 is 0 Å². The van der Waals surface area contributed by atoms with Crippen LogP contribution in [0, 0.1) is 0 Å². The van der Waals surface area contributed by atoms with Gasteiger partial charge in [-0.25, -0.2) is 5.48 Å². The molecule has 0 spiro atoms. The van der Waals surface area contributed by atoms with Crippen LogP contribution in [0.3, 0.4) is 0 Å². The van der Waals surface area contributed by atoms with Crippen LogP contribution < -0.4 is 16.1 Å². The molecule has 0 saturated carbocycles. The quantitative estimate of drug-likeness (QED) is 0.444. The average Bonchev–Trinajstić information content (AvgIpc) is 2.59. The molecule has 3 aromatic rings. The Balaban J connectivity index is 1.93. The summed E-state index contributed by atoms with van der Waals surface area (Å²) in [4.78, 5) is 12.3. The van der Waals surface area contributed by atoms with E-state index in [-0.39, 0.29) is 17.8 Å². The Bertz CT molecular complexity index is 871. The summed E-state index contributed by atoms with van der Waals surface area (Å²) in [6.45, 7) is 0. The molecule has 1 aromatic heterocycles. The molecule has 0 aliphatic heterocycles. The van der Waals surface area contributed by atoms with Gasteiger partial charge in [-0.2, -0.15) is 15.0 Å². The van der Waals surface area contributed by atoms with Crippen molar-refractivity contribution >= 4 is 64.0 Å². The van der Waals surface area contributed by atoms with Gasteiger partial charge in [0.2, 0.25) is 11.9 Å². The topological polar surface area (TPSA) is 95.0 Å². The molecule has 0 atom stereocenters. The summed E-state index contributed by atoms with van der Waals surface area (Å²) in [5.41, 5.74) is 3.04. The molecule has 7 nitrogen and oxygen atoms in total. The Morgan fingerprint density at radius 3 is 1.92 bits per heavy atom. The van der Waals surface area contributed by atoms with Crippen molar-refractivity contribution < 1.29 is 5.21 Å². The van der Waals surface area contributed by atoms with Crippen molar-refractivity contribution in [3.63, 3.8) is 0 Å². The van der Waals surface area contributed by atoms with Crippen molar-refractivity contribution in [1.29, 1.82) is 0 Å². The molecule has 0 aliphatic carbocycles. The number of rotatable bonds is 5. The van der Waals surface area contributed by atoms with Gasteiger partial charge in [-0.3, -0.25) is 5.21 Å². The number of aromatic nitrogens is 3. The van der Waals surface area contributed by atoms with Crippen LogP contribution in [0.2, 0.25) is 15.1 Å². The van der Waals surface area contributed by atoms with E-state index in [1.54, 1.807) is 0 Å². The number of anilines is 5. The van der Waals surface area contributed by atoms with Crippen LogP contribution in [0.1, 0.15) is 0 Å². The van der Waals surface area contributed by atoms with Gasteiger partial charge in [0.25, 0.3) is 5.95 Å². The molecule has 0 bridgehead atoms. The Morgan fingerprint density at radius 1 is 0.760 bits per heavy atom. The van der Waals surface area contributed by atoms with E-state index in [1.807, 2.05) is 35.8 Å². The first-order chi connectivity index (χ1) is 12.0. The van der Waals surface area contributed by atoms with E-state index >= 15 is 0 Å². The van der Waals surface area contributed by atoms with E-state index in [0.717, 1.165) is 5.69 Å². The van der Waals surface area contributed by atoms with Gasteiger partial charge in [-0.05, 0) is 24.3 Å². The van der Waals surface area contributed by atoms with Crippen LogP contribution in [-0.4, -0.2) is 20.2 Å². The van der Waals surface area contributed by atoms with E-state index in [2.05, 4.69) is 25.6 Å². The Hall–Kier alpha value is -2.32. The summed E-state index contributed by atoms with van der Waals surface area (Å²) in [6, 6.07) is 12.4. The molecule has 0 unspecified atom stereocenters. The van der Waals surface area contributed by atoms with Gasteiger partial charge in [0, 0.05) is 10.7 Å². The first-order valence-electron chi connectivity index (χ1n) is 6.95. The number of hydrogen-bond acceptors (Lipinski definition) is 7. The first-order valence-corrected chi connectivity index (χ1v) is 8.08. The van der Waals surface area contributed by atoms with Gasteiger partial charge in [0.05, 0.1) is 15.7 Å². The minimum absolute atomic E-state index is 0.0582. The molecule has 25 heavy (non-hydrogen) atoms. The smallest absolute Gasteiger partial charge is 0.253 e. The van der Waals surface area contributed by atoms with E-state index in [9.17, 15) is 0 Å². The summed E-state index contributed by atoms with van der Waals surface area (Å²) < 4.78 is 0. The summed E-state index contributed by atoms with van der Waals surface area (Å²) in [7, 11) is 0. The van der Waals surface area contributed by atoms with Crippen molar-refractivity contribution in [1.82, 2.24) is 15.0 Å². The standard InChI is InChI=1S/C15H11Cl3N6O/c16-8-6-10(17)12(11(18)7-8)20-14-21-13(22-15(23-14)24-25)19-9-4-2-1-3-5-9/h1-7,25H,(H3,19,20,21,22,23,24). The Morgan fingerprint density at radius 2 is 1.32 bits per heavy atom. The number of hydrogen-bond donors (Lipinski definition) is 4. The lowest BCUT2D eigenvalue weighted by Gasteiger charge is -2.12. The molecule has 2 aromatic carbocycles. The monoisotopic (exact) mass is 396 g/mol. The van der Waals surface area contributed by atoms with Crippen LogP contribution >= 0.6 is 34.8 Å². The van der Waals surface area contributed by atoms with Crippen LogP contribution in [0.25, 0.3) is 0 Å². The van der Waals surface area contributed by atoms with Gasteiger partial charge >= 0.3 is 0 Å². The third-order valence-corrected chi connectivity index (χ3v) is 3.82. The fourth-order valence-electron chi connectivity index (χ4n) is 1.96. The maximum absolute atomic E-state index is 9.14. The molecular weight excluding hydrogens is 387 g/mol. The maximum Gasteiger partial charge on any atom is 0.253 e. The lowest BCUT2D eigenvalue weighted by atomic mass is 10.3. The maximum atomic E-state index is 9.14. The molecular formula is C15H11Cl3N6O. The van der Waals surface area contributed by atoms with Crippen molar-refractivity contribution in [2.75, 3.05) is 16.1 Å². The van der Waals surface area contributed by atoms with Gasteiger partial charge < -0.3 is 10.6 Å². The van der Waals surface area contributed by atoms with Crippen LogP contribution in [0.5, 0.6) is 0 Å². The second kappa shape index (κ2) is 7.71. The third-order valence-electron chi connectivity index (χ3n) is 3.01. The highest BCUT2D eigenvalue weighted by Gasteiger charge is 2.12. The zero-order valence-corrected chi connectivity index (χ0v) is 14.7. The SMILES string of the molecule is ONc1nc(Nc2ccccc2)nc(Nc2c(Cl)cc(Cl)cc2Cl)n1. The Kier molecular flexibility index (Phi) is 5.40. The molecule has 4 N–H and O–H groups in total. The van der Waals surface area contributed by atoms with Crippen LogP contribution in [-0.2, 0) is 0 Å². The second-order valence-electron chi connectivity index (χ2n) is 4.78. The summed E-state index contributed by atoms with van der Waals surface area (Å²) in [5, 5.41) is 16.0. The molecule has 128 valence electrons. The normalized spacial score (nSPS) is 10.4. The lowest BCUT2D eigenvalue weighted by Crippen LogP contribution is -2.07. The molecule has 0 aliphatic rings. The first kappa shape index (κ1) is 17.5. The molecule has 3 rings (SSSR count). The van der Waals surface area contributed by atoms with Crippen molar-refractivity contribution in [3.05, 3.63) is 57.5 Å². The predicted octanol–water partition coefficient (Wildman–Crippen LogP) is 5.12. The Labute approximate surface area is 158 Å².